The molecule has 2 fully saturated rings. The van der Waals surface area contributed by atoms with Gasteiger partial charge >= 0.3 is 0 Å². The molecule has 2 heterocycles. The largest absolute Gasteiger partial charge is 0.507 e. The average Bonchev–Trinajstić information content (AvgIpc) is 3.15. The standard InChI is InChI=1S/C28H34N2O6/c1-3-35-22-10-6-20(7-11-22)25-24(26(31)21-8-12-23(13-9-21)36-4-2)27(32)28(33)30(25)15-5-14-29-16-18-34-19-17-29/h6-13,25,31H,3-5,14-19H2,1-2H3/b26-24+/t25-/m1/s1. The van der Waals surface area contributed by atoms with Crippen LogP contribution in [0.2, 0.25) is 0 Å². The lowest BCUT2D eigenvalue weighted by molar-refractivity contribution is -0.140. The van der Waals surface area contributed by atoms with Gasteiger partial charge in [0.15, 0.2) is 0 Å². The Balaban J connectivity index is 1.65. The fourth-order valence-electron chi connectivity index (χ4n) is 4.69. The number of nitrogens with zero attached hydrogens (tertiary/aromatic N) is 2. The van der Waals surface area contributed by atoms with Gasteiger partial charge < -0.3 is 24.2 Å². The van der Waals surface area contributed by atoms with E-state index >= 15 is 0 Å². The van der Waals surface area contributed by atoms with E-state index in [9.17, 15) is 14.7 Å². The molecular weight excluding hydrogens is 460 g/mol. The molecule has 192 valence electrons. The van der Waals surface area contributed by atoms with Gasteiger partial charge in [-0.25, -0.2) is 0 Å². The van der Waals surface area contributed by atoms with Crippen molar-refractivity contribution in [3.8, 4) is 11.5 Å². The molecule has 8 heteroatoms. The van der Waals surface area contributed by atoms with E-state index in [2.05, 4.69) is 4.90 Å². The average molecular weight is 495 g/mol. The highest BCUT2D eigenvalue weighted by Crippen LogP contribution is 2.40. The monoisotopic (exact) mass is 494 g/mol. The number of ketones is 1. The van der Waals surface area contributed by atoms with Crippen LogP contribution in [0, 0.1) is 0 Å². The van der Waals surface area contributed by atoms with Crippen molar-refractivity contribution in [2.45, 2.75) is 26.3 Å². The Bertz CT molecular complexity index is 1070. The van der Waals surface area contributed by atoms with Crippen molar-refractivity contribution in [2.24, 2.45) is 0 Å². The molecule has 1 amide bonds. The normalized spacial score (nSPS) is 20.1. The van der Waals surface area contributed by atoms with Gasteiger partial charge in [-0.2, -0.15) is 0 Å². The number of Topliss-reactive ketones (excluding diaryl/α,β-unsaturated/α-hetero) is 1. The van der Waals surface area contributed by atoms with Crippen molar-refractivity contribution < 1.29 is 28.9 Å². The summed E-state index contributed by atoms with van der Waals surface area (Å²) >= 11 is 0. The third kappa shape index (κ3) is 5.71. The molecule has 36 heavy (non-hydrogen) atoms. The molecule has 2 aliphatic rings. The van der Waals surface area contributed by atoms with Crippen molar-refractivity contribution in [1.29, 1.82) is 0 Å². The molecule has 2 aliphatic heterocycles. The highest BCUT2D eigenvalue weighted by Gasteiger charge is 2.45. The van der Waals surface area contributed by atoms with Crippen molar-refractivity contribution in [2.75, 3.05) is 52.6 Å². The zero-order valence-corrected chi connectivity index (χ0v) is 20.9. The Morgan fingerprint density at radius 3 is 2.08 bits per heavy atom. The minimum absolute atomic E-state index is 0.0969. The second-order valence-corrected chi connectivity index (χ2v) is 8.76. The number of hydrogen-bond donors (Lipinski definition) is 1. The summed E-state index contributed by atoms with van der Waals surface area (Å²) in [6.45, 7) is 9.21. The molecule has 1 N–H and O–H groups in total. The maximum absolute atomic E-state index is 13.2. The fourth-order valence-corrected chi connectivity index (χ4v) is 4.69. The molecule has 0 radical (unpaired) electrons. The van der Waals surface area contributed by atoms with Gasteiger partial charge in [-0.05, 0) is 62.2 Å². The number of benzene rings is 2. The lowest BCUT2D eigenvalue weighted by Gasteiger charge is -2.29. The molecule has 0 saturated carbocycles. The number of ether oxygens (including phenoxy) is 3. The summed E-state index contributed by atoms with van der Waals surface area (Å²) < 4.78 is 16.5. The van der Waals surface area contributed by atoms with Gasteiger partial charge in [-0.15, -0.1) is 0 Å². The number of aliphatic hydroxyl groups excluding tert-OH is 1. The van der Waals surface area contributed by atoms with E-state index in [1.165, 1.54) is 0 Å². The van der Waals surface area contributed by atoms with E-state index in [0.29, 0.717) is 56.5 Å². The lowest BCUT2D eigenvalue weighted by atomic mass is 9.95. The highest BCUT2D eigenvalue weighted by molar-refractivity contribution is 6.46. The number of likely N-dealkylation sites (tertiary alicyclic amines) is 1. The van der Waals surface area contributed by atoms with Crippen molar-refractivity contribution in [1.82, 2.24) is 9.80 Å². The topological polar surface area (TPSA) is 88.5 Å². The summed E-state index contributed by atoms with van der Waals surface area (Å²) in [5, 5.41) is 11.2. The lowest BCUT2D eigenvalue weighted by Crippen LogP contribution is -2.38. The van der Waals surface area contributed by atoms with Gasteiger partial charge in [0.2, 0.25) is 0 Å². The fraction of sp³-hybridized carbons (Fsp3) is 0.429. The molecule has 0 aromatic heterocycles. The molecule has 0 aliphatic carbocycles. The van der Waals surface area contributed by atoms with Crippen LogP contribution in [-0.2, 0) is 14.3 Å². The minimum atomic E-state index is -0.683. The van der Waals surface area contributed by atoms with Gasteiger partial charge in [-0.1, -0.05) is 12.1 Å². The number of rotatable bonds is 10. The van der Waals surface area contributed by atoms with E-state index in [1.807, 2.05) is 38.1 Å². The van der Waals surface area contributed by atoms with Crippen LogP contribution in [0.15, 0.2) is 54.1 Å². The first-order valence-corrected chi connectivity index (χ1v) is 12.6. The molecule has 0 spiro atoms. The predicted molar refractivity (Wildman–Crippen MR) is 136 cm³/mol. The van der Waals surface area contributed by atoms with E-state index in [1.54, 1.807) is 29.2 Å². The Morgan fingerprint density at radius 2 is 1.50 bits per heavy atom. The zero-order chi connectivity index (χ0) is 25.5. The summed E-state index contributed by atoms with van der Waals surface area (Å²) in [4.78, 5) is 30.3. The van der Waals surface area contributed by atoms with Crippen LogP contribution in [0.25, 0.3) is 5.76 Å². The van der Waals surface area contributed by atoms with Gasteiger partial charge in [0.25, 0.3) is 11.7 Å². The zero-order valence-electron chi connectivity index (χ0n) is 20.9. The Morgan fingerprint density at radius 1 is 0.917 bits per heavy atom. The van der Waals surface area contributed by atoms with Crippen molar-refractivity contribution in [3.05, 3.63) is 65.2 Å². The number of carbonyl (C=O) groups is 2. The highest BCUT2D eigenvalue weighted by atomic mass is 16.5. The van der Waals surface area contributed by atoms with Crippen molar-refractivity contribution >= 4 is 17.4 Å². The van der Waals surface area contributed by atoms with Crippen molar-refractivity contribution in [3.63, 3.8) is 0 Å². The minimum Gasteiger partial charge on any atom is -0.507 e. The van der Waals surface area contributed by atoms with E-state index in [4.69, 9.17) is 14.2 Å². The Labute approximate surface area is 212 Å². The first kappa shape index (κ1) is 25.7. The molecule has 2 aromatic rings. The van der Waals surface area contributed by atoms with E-state index in [0.717, 1.165) is 25.2 Å². The summed E-state index contributed by atoms with van der Waals surface area (Å²) in [7, 11) is 0. The van der Waals surface area contributed by atoms with Crippen LogP contribution in [0.5, 0.6) is 11.5 Å². The molecule has 4 rings (SSSR count). The summed E-state index contributed by atoms with van der Waals surface area (Å²) in [6, 6.07) is 13.5. The van der Waals surface area contributed by atoms with E-state index in [-0.39, 0.29) is 11.3 Å². The Kier molecular flexibility index (Phi) is 8.61. The SMILES string of the molecule is CCOc1ccc(/C(O)=C2\C(=O)C(=O)N(CCCN3CCOCC3)[C@@H]2c2ccc(OCC)cc2)cc1. The van der Waals surface area contributed by atoms with Gasteiger partial charge in [0.05, 0.1) is 38.0 Å². The van der Waals surface area contributed by atoms with Gasteiger partial charge in [-0.3, -0.25) is 14.5 Å². The molecule has 0 bridgehead atoms. The van der Waals surface area contributed by atoms with Crippen LogP contribution < -0.4 is 9.47 Å². The van der Waals surface area contributed by atoms with Gasteiger partial charge in [0, 0.05) is 31.7 Å². The smallest absolute Gasteiger partial charge is 0.295 e. The number of amides is 1. The quantitative estimate of drug-likeness (QED) is 0.307. The molecule has 2 aromatic carbocycles. The number of carbonyl (C=O) groups excluding carboxylic acids is 2. The van der Waals surface area contributed by atoms with Crippen LogP contribution >= 0.6 is 0 Å². The number of morpholine rings is 1. The number of hydrogen-bond acceptors (Lipinski definition) is 7. The first-order valence-electron chi connectivity index (χ1n) is 12.6. The maximum atomic E-state index is 13.2. The van der Waals surface area contributed by atoms with Crippen LogP contribution in [0.4, 0.5) is 0 Å². The molecule has 8 nitrogen and oxygen atoms in total. The third-order valence-electron chi connectivity index (χ3n) is 6.46. The molecule has 2 saturated heterocycles. The number of aliphatic hydroxyl groups is 1. The van der Waals surface area contributed by atoms with E-state index < -0.39 is 17.7 Å². The van der Waals surface area contributed by atoms with Gasteiger partial charge in [0.1, 0.15) is 17.3 Å². The third-order valence-corrected chi connectivity index (χ3v) is 6.46. The van der Waals surface area contributed by atoms with Crippen LogP contribution in [0.1, 0.15) is 37.4 Å². The molecule has 0 unspecified atom stereocenters. The summed E-state index contributed by atoms with van der Waals surface area (Å²) in [6.07, 6.45) is 0.712. The second kappa shape index (κ2) is 12.1. The van der Waals surface area contributed by atoms with Crippen LogP contribution in [0.3, 0.4) is 0 Å². The summed E-state index contributed by atoms with van der Waals surface area (Å²) in [5.41, 5.74) is 1.30. The Hall–Kier alpha value is -3.36. The molecular formula is C28H34N2O6. The second-order valence-electron chi connectivity index (χ2n) is 8.76. The molecule has 1 atom stereocenters. The first-order chi connectivity index (χ1) is 17.5. The predicted octanol–water partition coefficient (Wildman–Crippen LogP) is 3.63. The summed E-state index contributed by atoms with van der Waals surface area (Å²) in [5.74, 6) is -0.0846. The maximum Gasteiger partial charge on any atom is 0.295 e. The van der Waals surface area contributed by atoms with Crippen LogP contribution in [-0.4, -0.2) is 79.2 Å².